The highest BCUT2D eigenvalue weighted by atomic mass is 16.2. The third-order valence-electron chi connectivity index (χ3n) is 2.26. The van der Waals surface area contributed by atoms with E-state index in [0.717, 1.165) is 0 Å². The highest BCUT2D eigenvalue weighted by Gasteiger charge is 2.35. The van der Waals surface area contributed by atoms with E-state index in [2.05, 4.69) is 5.32 Å². The minimum atomic E-state index is -0.746. The van der Waals surface area contributed by atoms with E-state index in [1.165, 1.54) is 0 Å². The monoisotopic (exact) mass is 184 g/mol. The fraction of sp³-hybridized carbons (Fsp3) is 0.778. The van der Waals surface area contributed by atoms with Crippen LogP contribution in [0.5, 0.6) is 0 Å². The zero-order valence-corrected chi connectivity index (χ0v) is 8.39. The van der Waals surface area contributed by atoms with Crippen LogP contribution in [0.2, 0.25) is 0 Å². The predicted octanol–water partition coefficient (Wildman–Crippen LogP) is 0.133. The van der Waals surface area contributed by atoms with Crippen molar-refractivity contribution in [3.05, 3.63) is 0 Å². The summed E-state index contributed by atoms with van der Waals surface area (Å²) >= 11 is 0. The number of likely N-dealkylation sites (N-methyl/N-ethyl adjacent to an activating group) is 1. The Bertz CT molecular complexity index is 236. The first-order valence-electron chi connectivity index (χ1n) is 4.57. The Hall–Kier alpha value is -1.06. The lowest BCUT2D eigenvalue weighted by Crippen LogP contribution is -2.52. The largest absolute Gasteiger partial charge is 0.342 e. The van der Waals surface area contributed by atoms with Gasteiger partial charge in [-0.2, -0.15) is 0 Å². The van der Waals surface area contributed by atoms with Crippen molar-refractivity contribution in [3.8, 4) is 0 Å². The van der Waals surface area contributed by atoms with E-state index < -0.39 is 5.54 Å². The lowest BCUT2D eigenvalue weighted by molar-refractivity contribution is -0.137. The molecular weight excluding hydrogens is 168 g/mol. The molecule has 2 amide bonds. The van der Waals surface area contributed by atoms with Crippen LogP contribution in [0.4, 0.5) is 0 Å². The molecule has 0 aromatic rings. The predicted molar refractivity (Wildman–Crippen MR) is 49.1 cm³/mol. The molecule has 1 aliphatic rings. The first kappa shape index (κ1) is 10.0. The Labute approximate surface area is 78.3 Å². The summed E-state index contributed by atoms with van der Waals surface area (Å²) < 4.78 is 0. The second kappa shape index (κ2) is 3.36. The van der Waals surface area contributed by atoms with Crippen molar-refractivity contribution >= 4 is 11.8 Å². The van der Waals surface area contributed by atoms with Crippen LogP contribution in [-0.4, -0.2) is 35.3 Å². The molecule has 1 rings (SSSR count). The number of hydrogen-bond acceptors (Lipinski definition) is 2. The van der Waals surface area contributed by atoms with Crippen LogP contribution in [0.3, 0.4) is 0 Å². The standard InChI is InChI=1S/C9H16N2O2/c1-4-11-6-5-7(12)10-9(2,3)8(11)13/h4-6H2,1-3H3,(H,10,12). The molecular formula is C9H16N2O2. The molecule has 0 radical (unpaired) electrons. The van der Waals surface area contributed by atoms with Crippen molar-refractivity contribution in [3.63, 3.8) is 0 Å². The van der Waals surface area contributed by atoms with E-state index in [1.807, 2.05) is 6.92 Å². The summed E-state index contributed by atoms with van der Waals surface area (Å²) in [6.45, 7) is 6.59. The molecule has 0 unspecified atom stereocenters. The molecule has 13 heavy (non-hydrogen) atoms. The van der Waals surface area contributed by atoms with E-state index in [0.29, 0.717) is 19.5 Å². The number of amides is 2. The van der Waals surface area contributed by atoms with Gasteiger partial charge in [-0.15, -0.1) is 0 Å². The maximum Gasteiger partial charge on any atom is 0.247 e. The van der Waals surface area contributed by atoms with Gasteiger partial charge in [0.1, 0.15) is 5.54 Å². The summed E-state index contributed by atoms with van der Waals surface area (Å²) in [6, 6.07) is 0. The molecule has 1 heterocycles. The highest BCUT2D eigenvalue weighted by Crippen LogP contribution is 2.12. The highest BCUT2D eigenvalue weighted by molar-refractivity contribution is 5.92. The molecule has 0 bridgehead atoms. The number of nitrogens with zero attached hydrogens (tertiary/aromatic N) is 1. The zero-order valence-electron chi connectivity index (χ0n) is 8.39. The smallest absolute Gasteiger partial charge is 0.247 e. The molecule has 1 saturated heterocycles. The van der Waals surface area contributed by atoms with Gasteiger partial charge in [-0.3, -0.25) is 9.59 Å². The van der Waals surface area contributed by atoms with Gasteiger partial charge in [-0.1, -0.05) is 0 Å². The van der Waals surface area contributed by atoms with Gasteiger partial charge >= 0.3 is 0 Å². The molecule has 1 N–H and O–H groups in total. The second-order valence-corrected chi connectivity index (χ2v) is 3.81. The van der Waals surface area contributed by atoms with Gasteiger partial charge in [-0.25, -0.2) is 0 Å². The van der Waals surface area contributed by atoms with Gasteiger partial charge in [0.15, 0.2) is 0 Å². The molecule has 0 atom stereocenters. The Morgan fingerprint density at radius 1 is 1.46 bits per heavy atom. The normalized spacial score (nSPS) is 22.5. The van der Waals surface area contributed by atoms with E-state index in [4.69, 9.17) is 0 Å². The lowest BCUT2D eigenvalue weighted by Gasteiger charge is -2.27. The average Bonchev–Trinajstić information content (AvgIpc) is 2.11. The molecule has 0 aromatic heterocycles. The minimum absolute atomic E-state index is 0.000787. The van der Waals surface area contributed by atoms with Crippen molar-refractivity contribution < 1.29 is 9.59 Å². The van der Waals surface area contributed by atoms with Crippen molar-refractivity contribution in [2.24, 2.45) is 0 Å². The molecule has 1 aliphatic heterocycles. The molecule has 4 heteroatoms. The third kappa shape index (κ3) is 1.99. The molecule has 0 saturated carbocycles. The lowest BCUT2D eigenvalue weighted by atomic mass is 10.0. The van der Waals surface area contributed by atoms with Gasteiger partial charge in [0.2, 0.25) is 11.8 Å². The number of nitrogens with one attached hydrogen (secondary N) is 1. The van der Waals surface area contributed by atoms with E-state index in [9.17, 15) is 9.59 Å². The molecule has 74 valence electrons. The van der Waals surface area contributed by atoms with Gasteiger partial charge in [-0.05, 0) is 20.8 Å². The Kier molecular flexibility index (Phi) is 2.59. The fourth-order valence-corrected chi connectivity index (χ4v) is 1.50. The summed E-state index contributed by atoms with van der Waals surface area (Å²) in [4.78, 5) is 24.7. The topological polar surface area (TPSA) is 49.4 Å². The number of hydrogen-bond donors (Lipinski definition) is 1. The van der Waals surface area contributed by atoms with Gasteiger partial charge in [0.05, 0.1) is 0 Å². The zero-order chi connectivity index (χ0) is 10.1. The van der Waals surface area contributed by atoms with Crippen LogP contribution < -0.4 is 5.32 Å². The summed E-state index contributed by atoms with van der Waals surface area (Å²) in [5, 5.41) is 2.70. The number of carbonyl (C=O) groups excluding carboxylic acids is 2. The fourth-order valence-electron chi connectivity index (χ4n) is 1.50. The van der Waals surface area contributed by atoms with Crippen molar-refractivity contribution in [2.75, 3.05) is 13.1 Å². The maximum atomic E-state index is 11.8. The SMILES string of the molecule is CCN1CCC(=O)NC(C)(C)C1=O. The molecule has 4 nitrogen and oxygen atoms in total. The van der Waals surface area contributed by atoms with Crippen molar-refractivity contribution in [1.82, 2.24) is 10.2 Å². The van der Waals surface area contributed by atoms with Crippen LogP contribution in [0, 0.1) is 0 Å². The third-order valence-corrected chi connectivity index (χ3v) is 2.26. The Balaban J connectivity index is 2.86. The van der Waals surface area contributed by atoms with Crippen LogP contribution in [0.1, 0.15) is 27.2 Å². The van der Waals surface area contributed by atoms with Crippen LogP contribution >= 0.6 is 0 Å². The molecule has 0 aromatic carbocycles. The summed E-state index contributed by atoms with van der Waals surface area (Å²) in [5.41, 5.74) is -0.746. The Morgan fingerprint density at radius 3 is 2.62 bits per heavy atom. The second-order valence-electron chi connectivity index (χ2n) is 3.81. The molecule has 0 aliphatic carbocycles. The number of rotatable bonds is 1. The first-order valence-corrected chi connectivity index (χ1v) is 4.57. The van der Waals surface area contributed by atoms with Crippen LogP contribution in [0.25, 0.3) is 0 Å². The van der Waals surface area contributed by atoms with Gasteiger partial charge in [0, 0.05) is 19.5 Å². The minimum Gasteiger partial charge on any atom is -0.342 e. The molecule has 0 spiro atoms. The van der Waals surface area contributed by atoms with Crippen LogP contribution in [0.15, 0.2) is 0 Å². The maximum absolute atomic E-state index is 11.8. The van der Waals surface area contributed by atoms with Crippen molar-refractivity contribution in [1.29, 1.82) is 0 Å². The van der Waals surface area contributed by atoms with Gasteiger partial charge in [0.25, 0.3) is 0 Å². The van der Waals surface area contributed by atoms with E-state index in [-0.39, 0.29) is 11.8 Å². The first-order chi connectivity index (χ1) is 5.97. The average molecular weight is 184 g/mol. The summed E-state index contributed by atoms with van der Waals surface area (Å²) in [7, 11) is 0. The van der Waals surface area contributed by atoms with Crippen LogP contribution in [-0.2, 0) is 9.59 Å². The van der Waals surface area contributed by atoms with E-state index in [1.54, 1.807) is 18.7 Å². The van der Waals surface area contributed by atoms with Crippen molar-refractivity contribution in [2.45, 2.75) is 32.7 Å². The Morgan fingerprint density at radius 2 is 2.08 bits per heavy atom. The van der Waals surface area contributed by atoms with Gasteiger partial charge < -0.3 is 10.2 Å². The molecule has 1 fully saturated rings. The quantitative estimate of drug-likeness (QED) is 0.630. The summed E-state index contributed by atoms with van der Waals surface area (Å²) in [5.74, 6) is -0.0462. The van der Waals surface area contributed by atoms with E-state index >= 15 is 0 Å². The number of carbonyl (C=O) groups is 2. The summed E-state index contributed by atoms with van der Waals surface area (Å²) in [6.07, 6.45) is 0.406.